The maximum atomic E-state index is 5.87. The highest BCUT2D eigenvalue weighted by atomic mass is 35.5. The van der Waals surface area contributed by atoms with E-state index in [1.165, 1.54) is 6.04 Å². The molecule has 0 radical (unpaired) electrons. The second-order valence-corrected chi connectivity index (χ2v) is 11.7. The molecule has 104 valence electrons. The second kappa shape index (κ2) is 6.03. The first-order valence-corrected chi connectivity index (χ1v) is 10.7. The van der Waals surface area contributed by atoms with E-state index in [0.717, 1.165) is 23.2 Å². The molecule has 0 saturated carbocycles. The molecule has 0 aliphatic rings. The van der Waals surface area contributed by atoms with Gasteiger partial charge in [-0.3, -0.25) is 4.98 Å². The van der Waals surface area contributed by atoms with E-state index in [1.54, 1.807) is 6.20 Å². The summed E-state index contributed by atoms with van der Waals surface area (Å²) >= 11 is 5.87. The van der Waals surface area contributed by atoms with Crippen molar-refractivity contribution in [1.29, 1.82) is 0 Å². The minimum absolute atomic E-state index is 0.402. The third kappa shape index (κ3) is 3.78. The Morgan fingerprint density at radius 3 is 2.84 bits per heavy atom. The number of aromatic nitrogens is 3. The third-order valence-electron chi connectivity index (χ3n) is 2.99. The predicted octanol–water partition coefficient (Wildman–Crippen LogP) is 3.48. The molecule has 0 bridgehead atoms. The van der Waals surface area contributed by atoms with Gasteiger partial charge in [0.1, 0.15) is 6.73 Å². The Balaban J connectivity index is 2.02. The Kier molecular flexibility index (Phi) is 4.60. The zero-order chi connectivity index (χ0) is 13.9. The van der Waals surface area contributed by atoms with Gasteiger partial charge in [-0.15, -0.1) is 11.6 Å². The van der Waals surface area contributed by atoms with Crippen LogP contribution in [0.2, 0.25) is 25.7 Å². The van der Waals surface area contributed by atoms with Crippen LogP contribution in [0.25, 0.3) is 10.9 Å². The largest absolute Gasteiger partial charge is 0.360 e. The zero-order valence-electron chi connectivity index (χ0n) is 11.7. The number of hydrogen-bond acceptors (Lipinski definition) is 3. The van der Waals surface area contributed by atoms with Crippen LogP contribution in [0.1, 0.15) is 5.69 Å². The first-order chi connectivity index (χ1) is 9.01. The van der Waals surface area contributed by atoms with E-state index in [-0.39, 0.29) is 0 Å². The van der Waals surface area contributed by atoms with Crippen LogP contribution in [-0.2, 0) is 17.3 Å². The van der Waals surface area contributed by atoms with Crippen molar-refractivity contribution in [2.45, 2.75) is 38.3 Å². The summed E-state index contributed by atoms with van der Waals surface area (Å²) in [5.41, 5.74) is 1.89. The topological polar surface area (TPSA) is 39.9 Å². The minimum atomic E-state index is -1.03. The Labute approximate surface area is 119 Å². The number of alkyl halides is 1. The fourth-order valence-electron chi connectivity index (χ4n) is 1.80. The van der Waals surface area contributed by atoms with Crippen molar-refractivity contribution in [3.63, 3.8) is 0 Å². The number of halogens is 1. The fourth-order valence-corrected chi connectivity index (χ4v) is 2.77. The van der Waals surface area contributed by atoms with E-state index < -0.39 is 8.07 Å². The first-order valence-electron chi connectivity index (χ1n) is 6.44. The van der Waals surface area contributed by atoms with Crippen molar-refractivity contribution in [2.75, 3.05) is 6.61 Å². The van der Waals surface area contributed by atoms with Gasteiger partial charge in [0.05, 0.1) is 23.3 Å². The molecule has 0 fully saturated rings. The molecule has 0 amide bonds. The molecule has 2 rings (SSSR count). The summed E-state index contributed by atoms with van der Waals surface area (Å²) in [6.07, 6.45) is 3.57. The van der Waals surface area contributed by atoms with Crippen LogP contribution in [0, 0.1) is 0 Å². The van der Waals surface area contributed by atoms with Crippen LogP contribution in [-0.4, -0.2) is 29.4 Å². The zero-order valence-corrected chi connectivity index (χ0v) is 13.4. The van der Waals surface area contributed by atoms with Crippen molar-refractivity contribution >= 4 is 30.6 Å². The molecule has 0 N–H and O–H groups in total. The standard InChI is InChI=1S/C13H20ClN3OSi/c1-19(2,3)7-6-18-10-17-13-4-5-15-12(8-14)11(13)9-16-17/h4-5,9H,6-8,10H2,1-3H3. The highest BCUT2D eigenvalue weighted by molar-refractivity contribution is 6.76. The van der Waals surface area contributed by atoms with E-state index in [0.29, 0.717) is 12.6 Å². The molecule has 2 aromatic rings. The molecule has 0 aliphatic carbocycles. The van der Waals surface area contributed by atoms with E-state index in [2.05, 4.69) is 29.7 Å². The van der Waals surface area contributed by atoms with Gasteiger partial charge in [0, 0.05) is 26.3 Å². The van der Waals surface area contributed by atoms with E-state index >= 15 is 0 Å². The quantitative estimate of drug-likeness (QED) is 0.465. The van der Waals surface area contributed by atoms with Crippen LogP contribution in [0.3, 0.4) is 0 Å². The lowest BCUT2D eigenvalue weighted by Gasteiger charge is -2.15. The molecule has 0 aliphatic heterocycles. The molecule has 2 heterocycles. The van der Waals surface area contributed by atoms with Gasteiger partial charge in [-0.1, -0.05) is 19.6 Å². The summed E-state index contributed by atoms with van der Waals surface area (Å²) in [4.78, 5) is 4.25. The van der Waals surface area contributed by atoms with Gasteiger partial charge in [0.25, 0.3) is 0 Å². The number of pyridine rings is 1. The lowest BCUT2D eigenvalue weighted by molar-refractivity contribution is 0.0817. The first kappa shape index (κ1) is 14.5. The van der Waals surface area contributed by atoms with Crippen molar-refractivity contribution in [3.05, 3.63) is 24.2 Å². The monoisotopic (exact) mass is 297 g/mol. The lowest BCUT2D eigenvalue weighted by Crippen LogP contribution is -2.22. The van der Waals surface area contributed by atoms with Crippen LogP contribution in [0.15, 0.2) is 18.5 Å². The summed E-state index contributed by atoms with van der Waals surface area (Å²) in [6, 6.07) is 3.11. The van der Waals surface area contributed by atoms with Gasteiger partial charge in [-0.25, -0.2) is 4.68 Å². The number of ether oxygens (including phenoxy) is 1. The Morgan fingerprint density at radius 1 is 1.37 bits per heavy atom. The molecule has 0 saturated heterocycles. The second-order valence-electron chi connectivity index (χ2n) is 5.82. The van der Waals surface area contributed by atoms with Crippen LogP contribution >= 0.6 is 11.6 Å². The summed E-state index contributed by atoms with van der Waals surface area (Å²) < 4.78 is 7.58. The summed E-state index contributed by atoms with van der Waals surface area (Å²) in [5, 5.41) is 5.35. The van der Waals surface area contributed by atoms with E-state index in [9.17, 15) is 0 Å². The SMILES string of the molecule is C[Si](C)(C)CCOCn1ncc2c(CCl)nccc21. The van der Waals surface area contributed by atoms with Crippen LogP contribution < -0.4 is 0 Å². The predicted molar refractivity (Wildman–Crippen MR) is 81.2 cm³/mol. The highest BCUT2D eigenvalue weighted by Crippen LogP contribution is 2.18. The molecule has 4 nitrogen and oxygen atoms in total. The lowest BCUT2D eigenvalue weighted by atomic mass is 10.2. The van der Waals surface area contributed by atoms with Gasteiger partial charge < -0.3 is 4.74 Å². The summed E-state index contributed by atoms with van der Waals surface area (Å²) in [5.74, 6) is 0.402. The van der Waals surface area contributed by atoms with Gasteiger partial charge in [0.15, 0.2) is 0 Å². The third-order valence-corrected chi connectivity index (χ3v) is 4.95. The summed E-state index contributed by atoms with van der Waals surface area (Å²) in [7, 11) is -1.03. The Hall–Kier alpha value is -0.913. The van der Waals surface area contributed by atoms with Crippen molar-refractivity contribution < 1.29 is 4.74 Å². The van der Waals surface area contributed by atoms with Crippen molar-refractivity contribution in [2.24, 2.45) is 0 Å². The van der Waals surface area contributed by atoms with Gasteiger partial charge in [-0.05, 0) is 12.1 Å². The van der Waals surface area contributed by atoms with Gasteiger partial charge in [0.2, 0.25) is 0 Å². The Morgan fingerprint density at radius 2 is 2.16 bits per heavy atom. The van der Waals surface area contributed by atoms with Crippen molar-refractivity contribution in [1.82, 2.24) is 14.8 Å². The van der Waals surface area contributed by atoms with E-state index in [1.807, 2.05) is 16.9 Å². The van der Waals surface area contributed by atoms with Crippen molar-refractivity contribution in [3.8, 4) is 0 Å². The molecular weight excluding hydrogens is 278 g/mol. The molecule has 2 aromatic heterocycles. The number of hydrogen-bond donors (Lipinski definition) is 0. The summed E-state index contributed by atoms with van der Waals surface area (Å²) in [6.45, 7) is 8.32. The molecule has 6 heteroatoms. The van der Waals surface area contributed by atoms with Crippen LogP contribution in [0.4, 0.5) is 0 Å². The number of nitrogens with zero attached hydrogens (tertiary/aromatic N) is 3. The smallest absolute Gasteiger partial charge is 0.139 e. The van der Waals surface area contributed by atoms with Gasteiger partial charge in [-0.2, -0.15) is 5.10 Å². The molecule has 0 aromatic carbocycles. The molecule has 0 spiro atoms. The van der Waals surface area contributed by atoms with Crippen LogP contribution in [0.5, 0.6) is 0 Å². The number of rotatable bonds is 6. The fraction of sp³-hybridized carbons (Fsp3) is 0.538. The average Bonchev–Trinajstić information content (AvgIpc) is 2.76. The van der Waals surface area contributed by atoms with E-state index in [4.69, 9.17) is 16.3 Å². The number of fused-ring (bicyclic) bond motifs is 1. The highest BCUT2D eigenvalue weighted by Gasteiger charge is 2.12. The molecule has 19 heavy (non-hydrogen) atoms. The molecular formula is C13H20ClN3OSi. The average molecular weight is 298 g/mol. The molecule has 0 atom stereocenters. The minimum Gasteiger partial charge on any atom is -0.360 e. The van der Waals surface area contributed by atoms with Gasteiger partial charge >= 0.3 is 0 Å². The maximum absolute atomic E-state index is 5.87. The molecule has 0 unspecified atom stereocenters. The maximum Gasteiger partial charge on any atom is 0.139 e. The Bertz CT molecular complexity index is 550. The normalized spacial score (nSPS) is 12.2.